The summed E-state index contributed by atoms with van der Waals surface area (Å²) >= 11 is 8.03. The second-order valence-electron chi connectivity index (χ2n) is 4.44. The van der Waals surface area contributed by atoms with Gasteiger partial charge in [-0.05, 0) is 56.0 Å². The number of amides is 1. The van der Waals surface area contributed by atoms with Gasteiger partial charge >= 0.3 is 6.09 Å². The highest BCUT2D eigenvalue weighted by Crippen LogP contribution is 2.37. The van der Waals surface area contributed by atoms with Gasteiger partial charge in [-0.1, -0.05) is 17.4 Å². The van der Waals surface area contributed by atoms with E-state index in [1.807, 2.05) is 18.2 Å². The summed E-state index contributed by atoms with van der Waals surface area (Å²) in [6, 6.07) is 7.40. The van der Waals surface area contributed by atoms with Crippen LogP contribution in [-0.4, -0.2) is 26.9 Å². The summed E-state index contributed by atoms with van der Waals surface area (Å²) in [5.41, 5.74) is 1.03. The Balaban J connectivity index is 1.83. The van der Waals surface area contributed by atoms with Gasteiger partial charge in [-0.25, -0.2) is 4.79 Å². The van der Waals surface area contributed by atoms with Crippen molar-refractivity contribution in [2.45, 2.75) is 6.42 Å². The molecule has 2 rings (SSSR count). The largest absolute Gasteiger partial charge is 0.493 e. The fourth-order valence-electron chi connectivity index (χ4n) is 1.85. The van der Waals surface area contributed by atoms with E-state index in [9.17, 15) is 4.79 Å². The molecule has 5 nitrogen and oxygen atoms in total. The Hall–Kier alpha value is -1.25. The molecular formula is C15H15Br2NO4S. The minimum Gasteiger partial charge on any atom is -0.493 e. The van der Waals surface area contributed by atoms with E-state index in [2.05, 4.69) is 37.2 Å². The summed E-state index contributed by atoms with van der Waals surface area (Å²) in [5, 5.41) is 3.24. The van der Waals surface area contributed by atoms with Crippen molar-refractivity contribution < 1.29 is 19.0 Å². The Morgan fingerprint density at radius 3 is 2.52 bits per heavy atom. The summed E-state index contributed by atoms with van der Waals surface area (Å²) in [6.07, 6.45) is 0.180. The molecular weight excluding hydrogens is 450 g/mol. The monoisotopic (exact) mass is 463 g/mol. The lowest BCUT2D eigenvalue weighted by atomic mass is 10.1. The lowest BCUT2D eigenvalue weighted by molar-refractivity contribution is 0.202. The molecule has 0 radical (unpaired) electrons. The number of hydrogen-bond acceptors (Lipinski definition) is 5. The van der Waals surface area contributed by atoms with E-state index >= 15 is 0 Å². The third-order valence-corrected chi connectivity index (χ3v) is 6.08. The van der Waals surface area contributed by atoms with Crippen molar-refractivity contribution in [3.63, 3.8) is 0 Å². The van der Waals surface area contributed by atoms with Gasteiger partial charge in [0.1, 0.15) is 0 Å². The van der Waals surface area contributed by atoms with Crippen LogP contribution in [0.4, 0.5) is 4.79 Å². The number of halogens is 2. The Morgan fingerprint density at radius 2 is 1.91 bits per heavy atom. The van der Waals surface area contributed by atoms with Crippen molar-refractivity contribution in [1.29, 1.82) is 0 Å². The number of rotatable bonds is 6. The van der Waals surface area contributed by atoms with Gasteiger partial charge in [-0.15, -0.1) is 0 Å². The van der Waals surface area contributed by atoms with E-state index in [4.69, 9.17) is 14.2 Å². The Kier molecular flexibility index (Phi) is 6.73. The first-order valence-electron chi connectivity index (χ1n) is 6.65. The van der Waals surface area contributed by atoms with Crippen LogP contribution in [-0.2, 0) is 6.42 Å². The molecule has 0 unspecified atom stereocenters. The molecule has 0 aliphatic carbocycles. The molecule has 0 aliphatic heterocycles. The first kappa shape index (κ1) is 18.1. The molecule has 1 aromatic carbocycles. The van der Waals surface area contributed by atoms with Crippen LogP contribution in [0.3, 0.4) is 0 Å². The highest BCUT2D eigenvalue weighted by Gasteiger charge is 2.10. The van der Waals surface area contributed by atoms with Gasteiger partial charge in [-0.3, -0.25) is 0 Å². The van der Waals surface area contributed by atoms with Crippen LogP contribution in [0.2, 0.25) is 0 Å². The minimum absolute atomic E-state index is 0.460. The maximum atomic E-state index is 11.7. The van der Waals surface area contributed by atoms with Gasteiger partial charge in [0, 0.05) is 17.1 Å². The molecule has 1 heterocycles. The zero-order valence-electron chi connectivity index (χ0n) is 12.5. The predicted molar refractivity (Wildman–Crippen MR) is 97.0 cm³/mol. The smallest absolute Gasteiger partial charge is 0.413 e. The van der Waals surface area contributed by atoms with Gasteiger partial charge in [-0.2, -0.15) is 0 Å². The third-order valence-electron chi connectivity index (χ3n) is 2.95. The first-order chi connectivity index (χ1) is 11.0. The summed E-state index contributed by atoms with van der Waals surface area (Å²) in [6.45, 7) is 0.460. The molecule has 0 aliphatic rings. The van der Waals surface area contributed by atoms with Crippen molar-refractivity contribution in [2.75, 3.05) is 20.8 Å². The SMILES string of the molecule is COc1ccc(CCNC(=O)Oc2cc(Br)c(Br)s2)cc1OC. The molecule has 0 saturated carbocycles. The molecule has 1 amide bonds. The van der Waals surface area contributed by atoms with E-state index < -0.39 is 6.09 Å². The van der Waals surface area contributed by atoms with Gasteiger partial charge in [0.15, 0.2) is 16.6 Å². The molecule has 0 atom stereocenters. The Bertz CT molecular complexity index is 671. The molecule has 1 N–H and O–H groups in total. The maximum absolute atomic E-state index is 11.7. The number of thiophene rings is 1. The highest BCUT2D eigenvalue weighted by atomic mass is 79.9. The molecule has 0 bridgehead atoms. The van der Waals surface area contributed by atoms with Gasteiger partial charge in [0.05, 0.1) is 18.0 Å². The van der Waals surface area contributed by atoms with Gasteiger partial charge < -0.3 is 19.5 Å². The predicted octanol–water partition coefficient (Wildman–Crippen LogP) is 4.62. The molecule has 1 aromatic heterocycles. The van der Waals surface area contributed by atoms with Crippen LogP contribution in [0.5, 0.6) is 16.6 Å². The summed E-state index contributed by atoms with van der Waals surface area (Å²) in [7, 11) is 3.19. The normalized spacial score (nSPS) is 10.3. The molecule has 0 spiro atoms. The molecule has 23 heavy (non-hydrogen) atoms. The third kappa shape index (κ3) is 5.12. The fourth-order valence-corrected chi connectivity index (χ4v) is 3.67. The van der Waals surface area contributed by atoms with Crippen LogP contribution in [0.25, 0.3) is 0 Å². The van der Waals surface area contributed by atoms with E-state index in [1.54, 1.807) is 20.3 Å². The van der Waals surface area contributed by atoms with Crippen LogP contribution >= 0.6 is 43.2 Å². The van der Waals surface area contributed by atoms with E-state index in [0.29, 0.717) is 29.5 Å². The van der Waals surface area contributed by atoms with Crippen molar-refractivity contribution in [1.82, 2.24) is 5.32 Å². The second-order valence-corrected chi connectivity index (χ2v) is 7.63. The maximum Gasteiger partial charge on any atom is 0.413 e. The number of carbonyl (C=O) groups excluding carboxylic acids is 1. The zero-order chi connectivity index (χ0) is 16.8. The topological polar surface area (TPSA) is 56.8 Å². The number of ether oxygens (including phenoxy) is 3. The fraction of sp³-hybridized carbons (Fsp3) is 0.267. The van der Waals surface area contributed by atoms with E-state index in [-0.39, 0.29) is 0 Å². The van der Waals surface area contributed by atoms with Crippen molar-refractivity contribution >= 4 is 49.3 Å². The number of hydrogen-bond donors (Lipinski definition) is 1. The van der Waals surface area contributed by atoms with Crippen LogP contribution in [0.15, 0.2) is 32.5 Å². The molecule has 0 saturated heterocycles. The average molecular weight is 465 g/mol. The molecule has 0 fully saturated rings. The number of methoxy groups -OCH3 is 2. The quantitative estimate of drug-likeness (QED) is 0.677. The van der Waals surface area contributed by atoms with Crippen LogP contribution in [0, 0.1) is 0 Å². The zero-order valence-corrected chi connectivity index (χ0v) is 16.5. The Morgan fingerprint density at radius 1 is 1.17 bits per heavy atom. The average Bonchev–Trinajstić information content (AvgIpc) is 2.84. The number of benzene rings is 1. The number of carbonyl (C=O) groups is 1. The Labute approximate surface area is 155 Å². The molecule has 8 heteroatoms. The van der Waals surface area contributed by atoms with E-state index in [0.717, 1.165) is 13.8 Å². The van der Waals surface area contributed by atoms with Crippen LogP contribution in [0.1, 0.15) is 5.56 Å². The second kappa shape index (κ2) is 8.56. The summed E-state index contributed by atoms with van der Waals surface area (Å²) in [5.74, 6) is 1.35. The van der Waals surface area contributed by atoms with Crippen molar-refractivity contribution in [3.8, 4) is 16.6 Å². The summed E-state index contributed by atoms with van der Waals surface area (Å²) < 4.78 is 17.4. The van der Waals surface area contributed by atoms with Crippen molar-refractivity contribution in [3.05, 3.63) is 38.1 Å². The first-order valence-corrected chi connectivity index (χ1v) is 9.05. The standard InChI is InChI=1S/C15H15Br2NO4S/c1-20-11-4-3-9(7-12(11)21-2)5-6-18-15(19)22-13-8-10(16)14(17)23-13/h3-4,7-8H,5-6H2,1-2H3,(H,18,19). The lowest BCUT2D eigenvalue weighted by Gasteiger charge is -2.10. The van der Waals surface area contributed by atoms with E-state index in [1.165, 1.54) is 11.3 Å². The minimum atomic E-state index is -0.480. The molecule has 124 valence electrons. The lowest BCUT2D eigenvalue weighted by Crippen LogP contribution is -2.28. The van der Waals surface area contributed by atoms with Gasteiger partial charge in [0.2, 0.25) is 0 Å². The highest BCUT2D eigenvalue weighted by molar-refractivity contribution is 9.13. The molecule has 2 aromatic rings. The van der Waals surface area contributed by atoms with Crippen LogP contribution < -0.4 is 19.5 Å². The summed E-state index contributed by atoms with van der Waals surface area (Å²) in [4.78, 5) is 11.7. The number of nitrogens with one attached hydrogen (secondary N) is 1. The van der Waals surface area contributed by atoms with Gasteiger partial charge in [0.25, 0.3) is 0 Å². The van der Waals surface area contributed by atoms with Crippen molar-refractivity contribution in [2.24, 2.45) is 0 Å².